The Morgan fingerprint density at radius 3 is 2.91 bits per heavy atom. The first-order chi connectivity index (χ1) is 10.4. The lowest BCUT2D eigenvalue weighted by Gasteiger charge is -2.43. The highest BCUT2D eigenvalue weighted by atomic mass is 35.5. The third-order valence-electron chi connectivity index (χ3n) is 4.42. The number of benzene rings is 1. The van der Waals surface area contributed by atoms with Crippen LogP contribution in [-0.2, 0) is 4.74 Å². The molecular formula is C16H21ClFNO3. The second-order valence-electron chi connectivity index (χ2n) is 5.88. The molecule has 1 aromatic rings. The van der Waals surface area contributed by atoms with Gasteiger partial charge in [0, 0.05) is 38.3 Å². The molecular weight excluding hydrogens is 309 g/mol. The molecule has 0 bridgehead atoms. The van der Waals surface area contributed by atoms with Gasteiger partial charge in [0.25, 0.3) is 5.91 Å². The molecule has 1 amide bonds. The third kappa shape index (κ3) is 3.59. The first kappa shape index (κ1) is 17.2. The zero-order valence-electron chi connectivity index (χ0n) is 12.8. The van der Waals surface area contributed by atoms with E-state index in [1.54, 1.807) is 12.0 Å². The Balaban J connectivity index is 2.06. The van der Waals surface area contributed by atoms with Crippen LogP contribution in [0.1, 0.15) is 30.1 Å². The Labute approximate surface area is 134 Å². The lowest BCUT2D eigenvalue weighted by atomic mass is 9.79. The van der Waals surface area contributed by atoms with Crippen molar-refractivity contribution in [3.05, 3.63) is 34.6 Å². The van der Waals surface area contributed by atoms with Crippen LogP contribution in [0, 0.1) is 11.7 Å². The minimum atomic E-state index is -0.821. The molecule has 0 spiro atoms. The lowest BCUT2D eigenvalue weighted by Crippen LogP contribution is -2.52. The molecule has 0 aromatic heterocycles. The van der Waals surface area contributed by atoms with Crippen LogP contribution in [0.2, 0.25) is 5.02 Å². The SMILES string of the molecule is COCCC1(O)CCN(C(=O)c2ccc(Cl)c(F)c2)CC1C. The van der Waals surface area contributed by atoms with E-state index < -0.39 is 11.4 Å². The summed E-state index contributed by atoms with van der Waals surface area (Å²) >= 11 is 5.64. The Bertz CT molecular complexity index is 554. The van der Waals surface area contributed by atoms with Crippen molar-refractivity contribution < 1.29 is 19.0 Å². The molecule has 2 rings (SSSR count). The molecule has 122 valence electrons. The number of halogens is 2. The van der Waals surface area contributed by atoms with Gasteiger partial charge in [-0.15, -0.1) is 0 Å². The maximum absolute atomic E-state index is 13.5. The molecule has 1 fully saturated rings. The maximum Gasteiger partial charge on any atom is 0.253 e. The van der Waals surface area contributed by atoms with Gasteiger partial charge in [0.1, 0.15) is 5.82 Å². The Morgan fingerprint density at radius 2 is 2.32 bits per heavy atom. The Kier molecular flexibility index (Phi) is 5.42. The highest BCUT2D eigenvalue weighted by molar-refractivity contribution is 6.30. The number of rotatable bonds is 4. The van der Waals surface area contributed by atoms with Crippen LogP contribution in [0.25, 0.3) is 0 Å². The summed E-state index contributed by atoms with van der Waals surface area (Å²) in [6, 6.07) is 4.05. The highest BCUT2D eigenvalue weighted by Crippen LogP contribution is 2.31. The van der Waals surface area contributed by atoms with E-state index in [0.717, 1.165) is 6.07 Å². The number of nitrogens with zero attached hydrogens (tertiary/aromatic N) is 1. The molecule has 1 aromatic carbocycles. The van der Waals surface area contributed by atoms with Gasteiger partial charge in [-0.2, -0.15) is 0 Å². The molecule has 1 N–H and O–H groups in total. The first-order valence-electron chi connectivity index (χ1n) is 7.33. The average molecular weight is 330 g/mol. The van der Waals surface area contributed by atoms with Crippen molar-refractivity contribution in [2.75, 3.05) is 26.8 Å². The lowest BCUT2D eigenvalue weighted by molar-refractivity contribution is -0.0750. The van der Waals surface area contributed by atoms with Gasteiger partial charge in [-0.25, -0.2) is 4.39 Å². The van der Waals surface area contributed by atoms with E-state index in [9.17, 15) is 14.3 Å². The normalized spacial score (nSPS) is 25.3. The largest absolute Gasteiger partial charge is 0.389 e. The number of carbonyl (C=O) groups excluding carboxylic acids is 1. The summed E-state index contributed by atoms with van der Waals surface area (Å²) in [6.07, 6.45) is 1.03. The summed E-state index contributed by atoms with van der Waals surface area (Å²) in [4.78, 5) is 14.1. The van der Waals surface area contributed by atoms with Gasteiger partial charge in [-0.05, 0) is 31.0 Å². The van der Waals surface area contributed by atoms with E-state index in [2.05, 4.69) is 0 Å². The monoisotopic (exact) mass is 329 g/mol. The van der Waals surface area contributed by atoms with E-state index in [0.29, 0.717) is 32.5 Å². The predicted molar refractivity (Wildman–Crippen MR) is 82.5 cm³/mol. The van der Waals surface area contributed by atoms with Crippen LogP contribution in [0.4, 0.5) is 4.39 Å². The van der Waals surface area contributed by atoms with Gasteiger partial charge < -0.3 is 14.7 Å². The van der Waals surface area contributed by atoms with Crippen molar-refractivity contribution >= 4 is 17.5 Å². The molecule has 2 unspecified atom stereocenters. The van der Waals surface area contributed by atoms with Crippen molar-refractivity contribution in [3.63, 3.8) is 0 Å². The molecule has 1 heterocycles. The molecule has 1 saturated heterocycles. The fraction of sp³-hybridized carbons (Fsp3) is 0.562. The van der Waals surface area contributed by atoms with Gasteiger partial charge >= 0.3 is 0 Å². The summed E-state index contributed by atoms with van der Waals surface area (Å²) in [6.45, 7) is 3.27. The minimum Gasteiger partial charge on any atom is -0.389 e. The van der Waals surface area contributed by atoms with Crippen molar-refractivity contribution in [2.24, 2.45) is 5.92 Å². The van der Waals surface area contributed by atoms with Crippen LogP contribution < -0.4 is 0 Å². The van der Waals surface area contributed by atoms with E-state index >= 15 is 0 Å². The number of hydrogen-bond donors (Lipinski definition) is 1. The fourth-order valence-electron chi connectivity index (χ4n) is 2.81. The van der Waals surface area contributed by atoms with Crippen LogP contribution in [0.5, 0.6) is 0 Å². The van der Waals surface area contributed by atoms with Crippen LogP contribution >= 0.6 is 11.6 Å². The van der Waals surface area contributed by atoms with E-state index in [4.69, 9.17) is 16.3 Å². The second kappa shape index (κ2) is 6.94. The van der Waals surface area contributed by atoms with Crippen molar-refractivity contribution in [3.8, 4) is 0 Å². The summed E-state index contributed by atoms with van der Waals surface area (Å²) in [7, 11) is 1.60. The van der Waals surface area contributed by atoms with Gasteiger partial charge in [-0.1, -0.05) is 18.5 Å². The molecule has 4 nitrogen and oxygen atoms in total. The molecule has 22 heavy (non-hydrogen) atoms. The fourth-order valence-corrected chi connectivity index (χ4v) is 2.93. The quantitative estimate of drug-likeness (QED) is 0.924. The molecule has 1 aliphatic heterocycles. The Morgan fingerprint density at radius 1 is 1.59 bits per heavy atom. The summed E-state index contributed by atoms with van der Waals surface area (Å²) < 4.78 is 18.5. The number of hydrogen-bond acceptors (Lipinski definition) is 3. The zero-order chi connectivity index (χ0) is 16.3. The van der Waals surface area contributed by atoms with E-state index in [1.807, 2.05) is 6.92 Å². The van der Waals surface area contributed by atoms with Crippen LogP contribution in [0.3, 0.4) is 0 Å². The molecule has 1 aliphatic rings. The minimum absolute atomic E-state index is 0.00231. The van der Waals surface area contributed by atoms with Gasteiger partial charge in [0.2, 0.25) is 0 Å². The van der Waals surface area contributed by atoms with Gasteiger partial charge in [0.15, 0.2) is 0 Å². The van der Waals surface area contributed by atoms with Crippen LogP contribution in [0.15, 0.2) is 18.2 Å². The predicted octanol–water partition coefficient (Wildman–Crippen LogP) is 2.73. The average Bonchev–Trinajstić information content (AvgIpc) is 2.50. The molecule has 0 aliphatic carbocycles. The number of amides is 1. The highest BCUT2D eigenvalue weighted by Gasteiger charge is 2.39. The molecule has 6 heteroatoms. The number of piperidine rings is 1. The molecule has 2 atom stereocenters. The summed E-state index contributed by atoms with van der Waals surface area (Å²) in [5.74, 6) is -0.914. The van der Waals surface area contributed by atoms with Crippen molar-refractivity contribution in [1.82, 2.24) is 4.90 Å². The number of ether oxygens (including phenoxy) is 1. The Hall–Kier alpha value is -1.17. The molecule has 0 radical (unpaired) electrons. The second-order valence-corrected chi connectivity index (χ2v) is 6.28. The van der Waals surface area contributed by atoms with E-state index in [1.165, 1.54) is 12.1 Å². The van der Waals surface area contributed by atoms with Gasteiger partial charge in [-0.3, -0.25) is 4.79 Å². The van der Waals surface area contributed by atoms with Gasteiger partial charge in [0.05, 0.1) is 10.6 Å². The smallest absolute Gasteiger partial charge is 0.253 e. The third-order valence-corrected chi connectivity index (χ3v) is 4.73. The number of carbonyl (C=O) groups is 1. The van der Waals surface area contributed by atoms with Crippen molar-refractivity contribution in [2.45, 2.75) is 25.4 Å². The topological polar surface area (TPSA) is 49.8 Å². The molecule has 0 saturated carbocycles. The van der Waals surface area contributed by atoms with Crippen LogP contribution in [-0.4, -0.2) is 48.3 Å². The number of aliphatic hydroxyl groups is 1. The first-order valence-corrected chi connectivity index (χ1v) is 7.71. The number of methoxy groups -OCH3 is 1. The number of likely N-dealkylation sites (tertiary alicyclic amines) is 1. The summed E-state index contributed by atoms with van der Waals surface area (Å²) in [5, 5.41) is 10.6. The summed E-state index contributed by atoms with van der Waals surface area (Å²) in [5.41, 5.74) is -0.547. The van der Waals surface area contributed by atoms with E-state index in [-0.39, 0.29) is 22.4 Å². The maximum atomic E-state index is 13.5. The zero-order valence-corrected chi connectivity index (χ0v) is 13.6. The van der Waals surface area contributed by atoms with Crippen molar-refractivity contribution in [1.29, 1.82) is 0 Å². The standard InChI is InChI=1S/C16H21ClFNO3/c1-11-10-19(7-5-16(11,21)6-8-22-2)15(20)12-3-4-13(17)14(18)9-12/h3-4,9,11,21H,5-8,10H2,1-2H3.